The zero-order valence-electron chi connectivity index (χ0n) is 11.5. The highest BCUT2D eigenvalue weighted by Crippen LogP contribution is 2.22. The summed E-state index contributed by atoms with van der Waals surface area (Å²) in [4.78, 5) is 11.6. The van der Waals surface area contributed by atoms with Crippen LogP contribution in [0.5, 0.6) is 5.75 Å². The molecule has 1 N–H and O–H groups in total. The third kappa shape index (κ3) is 4.61. The Labute approximate surface area is 128 Å². The molecule has 0 fully saturated rings. The Bertz CT molecular complexity index is 656. The molecular formula is C16H15ClN2O2. The number of halogens is 1. The first-order chi connectivity index (χ1) is 10.2. The molecule has 0 aliphatic carbocycles. The van der Waals surface area contributed by atoms with E-state index in [4.69, 9.17) is 16.3 Å². The Kier molecular flexibility index (Phi) is 5.35. The molecule has 0 heterocycles. The summed E-state index contributed by atoms with van der Waals surface area (Å²) in [7, 11) is 0. The van der Waals surface area contributed by atoms with Crippen molar-refractivity contribution in [3.63, 3.8) is 0 Å². The molecule has 5 heteroatoms. The fourth-order valence-electron chi connectivity index (χ4n) is 1.64. The van der Waals surface area contributed by atoms with Crippen LogP contribution < -0.4 is 10.2 Å². The number of amides is 1. The summed E-state index contributed by atoms with van der Waals surface area (Å²) < 4.78 is 5.31. The number of para-hydroxylation sites is 1. The van der Waals surface area contributed by atoms with Crippen molar-refractivity contribution >= 4 is 23.7 Å². The van der Waals surface area contributed by atoms with E-state index in [1.807, 2.05) is 31.2 Å². The second-order valence-electron chi connectivity index (χ2n) is 4.37. The monoisotopic (exact) mass is 302 g/mol. The molecule has 108 valence electrons. The van der Waals surface area contributed by atoms with E-state index in [1.165, 1.54) is 0 Å². The van der Waals surface area contributed by atoms with Gasteiger partial charge in [0.05, 0.1) is 11.2 Å². The Morgan fingerprint density at radius 2 is 1.95 bits per heavy atom. The molecule has 21 heavy (non-hydrogen) atoms. The Morgan fingerprint density at radius 1 is 1.24 bits per heavy atom. The first kappa shape index (κ1) is 15.1. The van der Waals surface area contributed by atoms with Gasteiger partial charge in [0, 0.05) is 0 Å². The first-order valence-electron chi connectivity index (χ1n) is 6.41. The molecule has 0 aliphatic rings. The summed E-state index contributed by atoms with van der Waals surface area (Å²) in [6.07, 6.45) is 1.60. The van der Waals surface area contributed by atoms with Gasteiger partial charge in [-0.15, -0.1) is 0 Å². The Morgan fingerprint density at radius 3 is 2.71 bits per heavy atom. The van der Waals surface area contributed by atoms with Crippen molar-refractivity contribution in [1.29, 1.82) is 0 Å². The third-order valence-corrected chi connectivity index (χ3v) is 3.09. The molecule has 0 aromatic heterocycles. The van der Waals surface area contributed by atoms with Crippen LogP contribution in [0.2, 0.25) is 5.02 Å². The van der Waals surface area contributed by atoms with Gasteiger partial charge in [0.15, 0.2) is 6.61 Å². The molecule has 1 amide bonds. The molecule has 0 radical (unpaired) electrons. The van der Waals surface area contributed by atoms with Gasteiger partial charge in [-0.25, -0.2) is 5.43 Å². The average molecular weight is 303 g/mol. The molecule has 2 aromatic carbocycles. The lowest BCUT2D eigenvalue weighted by molar-refractivity contribution is -0.123. The van der Waals surface area contributed by atoms with Crippen LogP contribution in [0, 0.1) is 6.92 Å². The molecule has 0 bridgehead atoms. The number of rotatable bonds is 5. The highest BCUT2D eigenvalue weighted by Gasteiger charge is 2.04. The number of nitrogens with one attached hydrogen (secondary N) is 1. The van der Waals surface area contributed by atoms with Crippen LogP contribution in [0.15, 0.2) is 53.6 Å². The van der Waals surface area contributed by atoms with Crippen LogP contribution >= 0.6 is 11.6 Å². The van der Waals surface area contributed by atoms with E-state index in [9.17, 15) is 4.79 Å². The molecule has 0 saturated heterocycles. The van der Waals surface area contributed by atoms with E-state index in [0.29, 0.717) is 10.8 Å². The largest absolute Gasteiger partial charge is 0.482 e. The number of hydrogen-bond acceptors (Lipinski definition) is 3. The number of benzene rings is 2. The summed E-state index contributed by atoms with van der Waals surface area (Å²) in [6, 6.07) is 14.7. The van der Waals surface area contributed by atoms with Gasteiger partial charge in [-0.2, -0.15) is 5.10 Å². The van der Waals surface area contributed by atoms with E-state index in [-0.39, 0.29) is 12.5 Å². The maximum Gasteiger partial charge on any atom is 0.277 e. The summed E-state index contributed by atoms with van der Waals surface area (Å²) in [5.74, 6) is 0.122. The zero-order valence-corrected chi connectivity index (χ0v) is 12.3. The first-order valence-corrected chi connectivity index (χ1v) is 6.79. The molecule has 0 atom stereocenters. The Balaban J connectivity index is 1.83. The van der Waals surface area contributed by atoms with Gasteiger partial charge in [-0.05, 0) is 30.2 Å². The number of hydrazone groups is 1. The van der Waals surface area contributed by atoms with E-state index in [1.54, 1.807) is 30.5 Å². The zero-order chi connectivity index (χ0) is 15.1. The van der Waals surface area contributed by atoms with Crippen molar-refractivity contribution in [2.75, 3.05) is 6.61 Å². The molecule has 0 unspecified atom stereocenters. The van der Waals surface area contributed by atoms with Gasteiger partial charge in [-0.3, -0.25) is 4.79 Å². The van der Waals surface area contributed by atoms with Crippen molar-refractivity contribution in [1.82, 2.24) is 5.43 Å². The quantitative estimate of drug-likeness (QED) is 0.681. The van der Waals surface area contributed by atoms with Gasteiger partial charge >= 0.3 is 0 Å². The standard InChI is InChI=1S/C16H15ClN2O2/c1-12-6-2-3-7-13(12)10-18-19-16(20)11-21-15-9-5-4-8-14(15)17/h2-10H,11H2,1H3,(H,19,20)/b18-10+. The van der Waals surface area contributed by atoms with Crippen LogP contribution in [0.4, 0.5) is 0 Å². The lowest BCUT2D eigenvalue weighted by Gasteiger charge is -2.06. The minimum absolute atomic E-state index is 0.144. The van der Waals surface area contributed by atoms with Crippen molar-refractivity contribution < 1.29 is 9.53 Å². The van der Waals surface area contributed by atoms with Crippen LogP contribution in [-0.2, 0) is 4.79 Å². The smallest absolute Gasteiger partial charge is 0.277 e. The summed E-state index contributed by atoms with van der Waals surface area (Å²) in [5.41, 5.74) is 4.45. The van der Waals surface area contributed by atoms with E-state index >= 15 is 0 Å². The summed E-state index contributed by atoms with van der Waals surface area (Å²) >= 11 is 5.92. The fourth-order valence-corrected chi connectivity index (χ4v) is 1.83. The molecule has 0 saturated carbocycles. The van der Waals surface area contributed by atoms with Gasteiger partial charge in [0.1, 0.15) is 5.75 Å². The van der Waals surface area contributed by atoms with E-state index in [2.05, 4.69) is 10.5 Å². The van der Waals surface area contributed by atoms with Gasteiger partial charge in [-0.1, -0.05) is 48.0 Å². The number of aryl methyl sites for hydroxylation is 1. The second-order valence-corrected chi connectivity index (χ2v) is 4.78. The second kappa shape index (κ2) is 7.45. The number of nitrogens with zero attached hydrogens (tertiary/aromatic N) is 1. The van der Waals surface area contributed by atoms with Crippen molar-refractivity contribution in [3.05, 3.63) is 64.7 Å². The predicted octanol–water partition coefficient (Wildman–Crippen LogP) is 3.18. The maximum atomic E-state index is 11.6. The highest BCUT2D eigenvalue weighted by atomic mass is 35.5. The van der Waals surface area contributed by atoms with Crippen LogP contribution in [0.1, 0.15) is 11.1 Å². The summed E-state index contributed by atoms with van der Waals surface area (Å²) in [6.45, 7) is 1.83. The van der Waals surface area contributed by atoms with Crippen LogP contribution in [-0.4, -0.2) is 18.7 Å². The molecule has 0 aliphatic heterocycles. The lowest BCUT2D eigenvalue weighted by atomic mass is 10.1. The minimum Gasteiger partial charge on any atom is -0.482 e. The normalized spacial score (nSPS) is 10.6. The van der Waals surface area contributed by atoms with Gasteiger partial charge in [0.2, 0.25) is 0 Å². The van der Waals surface area contributed by atoms with Crippen LogP contribution in [0.3, 0.4) is 0 Å². The third-order valence-electron chi connectivity index (χ3n) is 2.78. The van der Waals surface area contributed by atoms with Gasteiger partial charge in [0.25, 0.3) is 5.91 Å². The Hall–Kier alpha value is -2.33. The molecule has 2 aromatic rings. The predicted molar refractivity (Wildman–Crippen MR) is 83.9 cm³/mol. The molecule has 2 rings (SSSR count). The van der Waals surface area contributed by atoms with Crippen molar-refractivity contribution in [2.24, 2.45) is 5.10 Å². The number of ether oxygens (including phenoxy) is 1. The summed E-state index contributed by atoms with van der Waals surface area (Å²) in [5, 5.41) is 4.37. The number of carbonyl (C=O) groups is 1. The maximum absolute atomic E-state index is 11.6. The average Bonchev–Trinajstić information content (AvgIpc) is 2.48. The topological polar surface area (TPSA) is 50.7 Å². The number of hydrogen-bond donors (Lipinski definition) is 1. The van der Waals surface area contributed by atoms with Gasteiger partial charge < -0.3 is 4.74 Å². The van der Waals surface area contributed by atoms with Crippen molar-refractivity contribution in [3.8, 4) is 5.75 Å². The van der Waals surface area contributed by atoms with Crippen LogP contribution in [0.25, 0.3) is 0 Å². The molecule has 0 spiro atoms. The number of carbonyl (C=O) groups excluding carboxylic acids is 1. The fraction of sp³-hybridized carbons (Fsp3) is 0.125. The minimum atomic E-state index is -0.347. The highest BCUT2D eigenvalue weighted by molar-refractivity contribution is 6.32. The SMILES string of the molecule is Cc1ccccc1/C=N/NC(=O)COc1ccccc1Cl. The lowest BCUT2D eigenvalue weighted by Crippen LogP contribution is -2.24. The van der Waals surface area contributed by atoms with Crippen molar-refractivity contribution in [2.45, 2.75) is 6.92 Å². The molecular weight excluding hydrogens is 288 g/mol. The van der Waals surface area contributed by atoms with E-state index < -0.39 is 0 Å². The molecule has 4 nitrogen and oxygen atoms in total. The van der Waals surface area contributed by atoms with E-state index in [0.717, 1.165) is 11.1 Å².